The highest BCUT2D eigenvalue weighted by Gasteiger charge is 2.27. The molecular formula is C27H28ClFN4O2. The second-order valence-electron chi connectivity index (χ2n) is 8.50. The van der Waals surface area contributed by atoms with Crippen LogP contribution in [0, 0.1) is 5.82 Å². The number of hydrogen-bond acceptors (Lipinski definition) is 4. The number of halogens is 2. The number of hydrogen-bond donors (Lipinski definition) is 2. The Morgan fingerprint density at radius 2 is 1.69 bits per heavy atom. The van der Waals surface area contributed by atoms with Gasteiger partial charge in [0.25, 0.3) is 0 Å². The van der Waals surface area contributed by atoms with Crippen molar-refractivity contribution in [2.75, 3.05) is 31.1 Å². The van der Waals surface area contributed by atoms with Crippen molar-refractivity contribution in [3.8, 4) is 0 Å². The van der Waals surface area contributed by atoms with Crippen molar-refractivity contribution in [1.29, 1.82) is 0 Å². The van der Waals surface area contributed by atoms with Crippen LogP contribution in [0.3, 0.4) is 0 Å². The first-order valence-electron chi connectivity index (χ1n) is 11.4. The molecule has 0 spiro atoms. The number of carbonyl (C=O) groups is 1. The molecule has 0 atom stereocenters. The van der Waals surface area contributed by atoms with Gasteiger partial charge in [-0.25, -0.2) is 9.18 Å². The number of rotatable bonds is 7. The molecule has 0 unspecified atom stereocenters. The number of nitrogens with one attached hydrogen (secondary N) is 1. The summed E-state index contributed by atoms with van der Waals surface area (Å²) in [6.45, 7) is 7.59. The molecule has 1 heterocycles. The van der Waals surface area contributed by atoms with Gasteiger partial charge in [0.15, 0.2) is 0 Å². The average molecular weight is 495 g/mol. The van der Waals surface area contributed by atoms with E-state index in [1.54, 1.807) is 11.0 Å². The molecule has 0 aliphatic carbocycles. The maximum atomic E-state index is 13.8. The molecule has 0 radical (unpaired) electrons. The van der Waals surface area contributed by atoms with Crippen LogP contribution in [0.5, 0.6) is 0 Å². The van der Waals surface area contributed by atoms with E-state index in [0.29, 0.717) is 24.5 Å². The highest BCUT2D eigenvalue weighted by Crippen LogP contribution is 2.26. The Bertz CT molecular complexity index is 1170. The van der Waals surface area contributed by atoms with Gasteiger partial charge in [0.2, 0.25) is 0 Å². The van der Waals surface area contributed by atoms with Crippen LogP contribution in [-0.4, -0.2) is 47.2 Å². The fourth-order valence-corrected chi connectivity index (χ4v) is 4.27. The van der Waals surface area contributed by atoms with Gasteiger partial charge in [-0.15, -0.1) is 0 Å². The average Bonchev–Trinajstić information content (AvgIpc) is 2.89. The van der Waals surface area contributed by atoms with E-state index in [-0.39, 0.29) is 17.6 Å². The van der Waals surface area contributed by atoms with E-state index in [9.17, 15) is 9.18 Å². The van der Waals surface area contributed by atoms with Gasteiger partial charge >= 0.3 is 6.03 Å². The maximum absolute atomic E-state index is 13.8. The van der Waals surface area contributed by atoms with E-state index in [0.717, 1.165) is 30.8 Å². The summed E-state index contributed by atoms with van der Waals surface area (Å²) in [6, 6.07) is 21.8. The minimum Gasteiger partial charge on any atom is -0.322 e. The number of benzene rings is 3. The number of carbonyl (C=O) groups excluding carboxylic acids is 1. The highest BCUT2D eigenvalue weighted by atomic mass is 35.5. The molecule has 1 aliphatic heterocycles. The summed E-state index contributed by atoms with van der Waals surface area (Å²) in [5.41, 5.74) is 5.79. The van der Waals surface area contributed by atoms with Crippen molar-refractivity contribution < 1.29 is 14.4 Å². The quantitative estimate of drug-likeness (QED) is 0.433. The van der Waals surface area contributed by atoms with Gasteiger partial charge < -0.3 is 4.90 Å². The van der Waals surface area contributed by atoms with E-state index in [4.69, 9.17) is 16.8 Å². The molecule has 8 heteroatoms. The van der Waals surface area contributed by atoms with Crippen molar-refractivity contribution in [3.05, 3.63) is 107 Å². The minimum atomic E-state index is -0.531. The maximum Gasteiger partial charge on any atom is 0.324 e. The van der Waals surface area contributed by atoms with Gasteiger partial charge in [0.05, 0.1) is 17.3 Å². The topological polar surface area (TPSA) is 59.1 Å². The van der Waals surface area contributed by atoms with Crippen molar-refractivity contribution in [2.45, 2.75) is 13.1 Å². The molecule has 1 fully saturated rings. The number of nitrogens with zero attached hydrogens (tertiary/aromatic N) is 3. The molecular weight excluding hydrogens is 467 g/mol. The first-order chi connectivity index (χ1) is 16.9. The Balaban J connectivity index is 1.49. The summed E-state index contributed by atoms with van der Waals surface area (Å²) in [7, 11) is 0. The number of piperazine rings is 1. The summed E-state index contributed by atoms with van der Waals surface area (Å²) in [5.74, 6) is -0.531. The van der Waals surface area contributed by atoms with E-state index >= 15 is 0 Å². The standard InChI is InChI=1S/C27H28ClFN4O2/c1-20(30-35)23-9-7-22(8-10-23)19-33(24-11-12-26(29)25(28)17-24)27(34)32-15-13-31(14-16-32)18-21-5-3-2-4-6-21/h2-12,17,30,35H,1,13-16,18-19H2. The van der Waals surface area contributed by atoms with E-state index in [2.05, 4.69) is 23.6 Å². The molecule has 3 aromatic rings. The molecule has 182 valence electrons. The number of anilines is 1. The second kappa shape index (κ2) is 11.4. The summed E-state index contributed by atoms with van der Waals surface area (Å²) < 4.78 is 13.8. The molecule has 1 saturated heterocycles. The third kappa shape index (κ3) is 6.19. The lowest BCUT2D eigenvalue weighted by atomic mass is 10.1. The van der Waals surface area contributed by atoms with Crippen molar-refractivity contribution in [3.63, 3.8) is 0 Å². The summed E-state index contributed by atoms with van der Waals surface area (Å²) in [4.78, 5) is 19.4. The van der Waals surface area contributed by atoms with Crippen LogP contribution in [0.15, 0.2) is 79.4 Å². The Morgan fingerprint density at radius 1 is 1.00 bits per heavy atom. The minimum absolute atomic E-state index is 0.0337. The summed E-state index contributed by atoms with van der Waals surface area (Å²) in [6.07, 6.45) is 0. The highest BCUT2D eigenvalue weighted by molar-refractivity contribution is 6.31. The Labute approximate surface area is 209 Å². The lowest BCUT2D eigenvalue weighted by Gasteiger charge is -2.37. The molecule has 0 aromatic heterocycles. The Hall–Kier alpha value is -3.39. The molecule has 4 rings (SSSR count). The van der Waals surface area contributed by atoms with Crippen LogP contribution >= 0.6 is 11.6 Å². The summed E-state index contributed by atoms with van der Waals surface area (Å²) >= 11 is 6.05. The van der Waals surface area contributed by atoms with E-state index < -0.39 is 5.82 Å². The zero-order chi connectivity index (χ0) is 24.8. The molecule has 1 aliphatic rings. The molecule has 2 N–H and O–H groups in total. The van der Waals surface area contributed by atoms with Crippen LogP contribution in [0.25, 0.3) is 5.70 Å². The van der Waals surface area contributed by atoms with Gasteiger partial charge in [0, 0.05) is 38.4 Å². The number of hydroxylamine groups is 1. The lowest BCUT2D eigenvalue weighted by molar-refractivity contribution is 0.139. The molecule has 6 nitrogen and oxygen atoms in total. The van der Waals surface area contributed by atoms with Gasteiger partial charge in [-0.1, -0.05) is 72.8 Å². The normalized spacial score (nSPS) is 14.0. The van der Waals surface area contributed by atoms with Crippen LogP contribution < -0.4 is 10.4 Å². The fourth-order valence-electron chi connectivity index (χ4n) is 4.09. The fraction of sp³-hybridized carbons (Fsp3) is 0.222. The Kier molecular flexibility index (Phi) is 8.02. The first kappa shape index (κ1) is 24.7. The van der Waals surface area contributed by atoms with Crippen molar-refractivity contribution in [1.82, 2.24) is 15.3 Å². The summed E-state index contributed by atoms with van der Waals surface area (Å²) in [5, 5.41) is 9.03. The van der Waals surface area contributed by atoms with Crippen molar-refractivity contribution >= 4 is 29.0 Å². The molecule has 3 aromatic carbocycles. The molecule has 35 heavy (non-hydrogen) atoms. The van der Waals surface area contributed by atoms with Crippen LogP contribution in [-0.2, 0) is 13.1 Å². The van der Waals surface area contributed by atoms with E-state index in [1.165, 1.54) is 17.7 Å². The zero-order valence-corrected chi connectivity index (χ0v) is 20.1. The first-order valence-corrected chi connectivity index (χ1v) is 11.8. The van der Waals surface area contributed by atoms with E-state index in [1.807, 2.05) is 52.8 Å². The SMILES string of the molecule is C=C(NO)c1ccc(CN(C(=O)N2CCN(Cc3ccccc3)CC2)c2ccc(F)c(Cl)c2)cc1. The molecule has 0 saturated carbocycles. The Morgan fingerprint density at radius 3 is 2.31 bits per heavy atom. The number of amides is 2. The van der Waals surface area contributed by atoms with Crippen molar-refractivity contribution in [2.24, 2.45) is 0 Å². The van der Waals surface area contributed by atoms with Crippen LogP contribution in [0.2, 0.25) is 5.02 Å². The van der Waals surface area contributed by atoms with Gasteiger partial charge in [-0.3, -0.25) is 20.5 Å². The van der Waals surface area contributed by atoms with Gasteiger partial charge in [0.1, 0.15) is 5.82 Å². The second-order valence-corrected chi connectivity index (χ2v) is 8.91. The third-order valence-electron chi connectivity index (χ3n) is 6.12. The van der Waals surface area contributed by atoms with Crippen LogP contribution in [0.1, 0.15) is 16.7 Å². The monoisotopic (exact) mass is 494 g/mol. The van der Waals surface area contributed by atoms with Crippen LogP contribution in [0.4, 0.5) is 14.9 Å². The predicted octanol–water partition coefficient (Wildman–Crippen LogP) is 5.37. The predicted molar refractivity (Wildman–Crippen MR) is 137 cm³/mol. The van der Waals surface area contributed by atoms with Gasteiger partial charge in [-0.2, -0.15) is 0 Å². The lowest BCUT2D eigenvalue weighted by Crippen LogP contribution is -2.52. The molecule has 2 amide bonds. The zero-order valence-electron chi connectivity index (χ0n) is 19.3. The molecule has 0 bridgehead atoms. The third-order valence-corrected chi connectivity index (χ3v) is 6.41. The smallest absolute Gasteiger partial charge is 0.322 e. The largest absolute Gasteiger partial charge is 0.324 e. The van der Waals surface area contributed by atoms with Gasteiger partial charge in [-0.05, 0) is 34.9 Å². The number of urea groups is 1.